The van der Waals surface area contributed by atoms with Crippen molar-refractivity contribution in [3.05, 3.63) is 34.3 Å². The Bertz CT molecular complexity index is 474. The first-order chi connectivity index (χ1) is 8.32. The molecule has 0 spiro atoms. The molecule has 3 N–H and O–H groups in total. The second kappa shape index (κ2) is 6.16. The largest absolute Gasteiger partial charge is 0.392 e. The van der Waals surface area contributed by atoms with Crippen molar-refractivity contribution in [1.82, 2.24) is 5.32 Å². The van der Waals surface area contributed by atoms with Gasteiger partial charge in [-0.15, -0.1) is 0 Å². The van der Waals surface area contributed by atoms with Crippen LogP contribution >= 0.6 is 23.8 Å². The summed E-state index contributed by atoms with van der Waals surface area (Å²) in [7, 11) is 0. The van der Waals surface area contributed by atoms with Crippen LogP contribution in [0.4, 0.5) is 0 Å². The number of nitrogens with two attached hydrogens (primary N) is 1. The minimum Gasteiger partial charge on any atom is -0.392 e. The van der Waals surface area contributed by atoms with Crippen LogP contribution in [0.3, 0.4) is 0 Å². The molecule has 1 rings (SSSR count). The van der Waals surface area contributed by atoms with Gasteiger partial charge in [-0.3, -0.25) is 4.79 Å². The van der Waals surface area contributed by atoms with Crippen LogP contribution < -0.4 is 11.1 Å². The minimum absolute atomic E-state index is 0.146. The maximum Gasteiger partial charge on any atom is 0.251 e. The van der Waals surface area contributed by atoms with E-state index in [1.807, 2.05) is 26.8 Å². The van der Waals surface area contributed by atoms with Gasteiger partial charge in [-0.05, 0) is 30.5 Å². The Labute approximate surface area is 118 Å². The molecule has 3 nitrogen and oxygen atoms in total. The van der Waals surface area contributed by atoms with E-state index in [1.54, 1.807) is 12.1 Å². The van der Waals surface area contributed by atoms with Crippen LogP contribution in [0.15, 0.2) is 18.2 Å². The summed E-state index contributed by atoms with van der Waals surface area (Å²) in [6.07, 6.45) is 0. The van der Waals surface area contributed by atoms with Crippen molar-refractivity contribution in [1.29, 1.82) is 0 Å². The highest BCUT2D eigenvalue weighted by atomic mass is 35.5. The molecule has 0 saturated heterocycles. The fourth-order valence-corrected chi connectivity index (χ4v) is 2.04. The molecular formula is C13H17ClN2OS. The van der Waals surface area contributed by atoms with E-state index in [2.05, 4.69) is 5.32 Å². The Hall–Kier alpha value is -1.13. The number of amides is 1. The molecule has 0 bridgehead atoms. The van der Waals surface area contributed by atoms with Crippen molar-refractivity contribution in [2.45, 2.75) is 26.8 Å². The summed E-state index contributed by atoms with van der Waals surface area (Å²) in [5.41, 5.74) is 7.05. The Balaban J connectivity index is 2.87. The number of halogens is 1. The van der Waals surface area contributed by atoms with E-state index in [1.165, 1.54) is 0 Å². The first-order valence-corrected chi connectivity index (χ1v) is 6.48. The molecule has 1 amide bonds. The maximum atomic E-state index is 12.0. The van der Waals surface area contributed by atoms with Gasteiger partial charge in [0.05, 0.1) is 11.0 Å². The number of hydrogen-bond donors (Lipinski definition) is 2. The lowest BCUT2D eigenvalue weighted by Crippen LogP contribution is -2.46. The molecule has 0 heterocycles. The summed E-state index contributed by atoms with van der Waals surface area (Å²) in [5.74, 6) is -0.0734. The second-order valence-corrected chi connectivity index (χ2v) is 5.44. The molecule has 1 aromatic carbocycles. The summed E-state index contributed by atoms with van der Waals surface area (Å²) in [6.45, 7) is 5.79. The van der Waals surface area contributed by atoms with E-state index in [0.717, 1.165) is 5.56 Å². The van der Waals surface area contributed by atoms with Gasteiger partial charge in [0.1, 0.15) is 0 Å². The quantitative estimate of drug-likeness (QED) is 0.836. The van der Waals surface area contributed by atoms with Gasteiger partial charge in [-0.2, -0.15) is 0 Å². The molecule has 18 heavy (non-hydrogen) atoms. The fourth-order valence-electron chi connectivity index (χ4n) is 1.52. The standard InChI is InChI=1S/C13H17ClN2OS/c1-7(2)11(12(15)18)16-13(17)9-5-4-8(3)10(14)6-9/h4-7,11H,1-3H3,(H2,15,18)(H,16,17). The Kier molecular flexibility index (Phi) is 5.11. The molecule has 0 aromatic heterocycles. The second-order valence-electron chi connectivity index (χ2n) is 4.56. The molecule has 0 fully saturated rings. The lowest BCUT2D eigenvalue weighted by molar-refractivity contribution is 0.0940. The SMILES string of the molecule is Cc1ccc(C(=O)NC(C(N)=S)C(C)C)cc1Cl. The van der Waals surface area contributed by atoms with Gasteiger partial charge in [0.25, 0.3) is 5.91 Å². The third kappa shape index (κ3) is 3.68. The molecule has 0 aliphatic carbocycles. The molecule has 0 radical (unpaired) electrons. The van der Waals surface area contributed by atoms with Crippen LogP contribution in [0.1, 0.15) is 29.8 Å². The van der Waals surface area contributed by atoms with E-state index in [0.29, 0.717) is 10.6 Å². The van der Waals surface area contributed by atoms with E-state index >= 15 is 0 Å². The maximum absolute atomic E-state index is 12.0. The van der Waals surface area contributed by atoms with Gasteiger partial charge in [0.2, 0.25) is 0 Å². The van der Waals surface area contributed by atoms with E-state index in [4.69, 9.17) is 29.6 Å². The number of aryl methyl sites for hydroxylation is 1. The Morgan fingerprint density at radius 2 is 2.06 bits per heavy atom. The van der Waals surface area contributed by atoms with Crippen LogP contribution in [-0.2, 0) is 0 Å². The smallest absolute Gasteiger partial charge is 0.251 e. The average molecular weight is 285 g/mol. The lowest BCUT2D eigenvalue weighted by atomic mass is 10.0. The number of thiocarbonyl (C=S) groups is 1. The highest BCUT2D eigenvalue weighted by molar-refractivity contribution is 7.80. The minimum atomic E-state index is -0.312. The van der Waals surface area contributed by atoms with Gasteiger partial charge in [-0.1, -0.05) is 43.7 Å². The van der Waals surface area contributed by atoms with Gasteiger partial charge in [0.15, 0.2) is 0 Å². The van der Waals surface area contributed by atoms with E-state index in [-0.39, 0.29) is 22.9 Å². The van der Waals surface area contributed by atoms with Crippen molar-refractivity contribution in [2.24, 2.45) is 11.7 Å². The van der Waals surface area contributed by atoms with Crippen LogP contribution in [0.2, 0.25) is 5.02 Å². The molecule has 0 aliphatic heterocycles. The zero-order valence-corrected chi connectivity index (χ0v) is 12.2. The monoisotopic (exact) mass is 284 g/mol. The number of rotatable bonds is 4. The number of nitrogens with one attached hydrogen (secondary N) is 1. The fraction of sp³-hybridized carbons (Fsp3) is 0.385. The van der Waals surface area contributed by atoms with E-state index in [9.17, 15) is 4.79 Å². The number of carbonyl (C=O) groups is 1. The van der Waals surface area contributed by atoms with Crippen LogP contribution in [0.25, 0.3) is 0 Å². The first-order valence-electron chi connectivity index (χ1n) is 5.69. The normalized spacial score (nSPS) is 12.3. The van der Waals surface area contributed by atoms with Crippen molar-refractivity contribution >= 4 is 34.7 Å². The lowest BCUT2D eigenvalue weighted by Gasteiger charge is -2.21. The van der Waals surface area contributed by atoms with Gasteiger partial charge in [-0.25, -0.2) is 0 Å². The molecule has 1 unspecified atom stereocenters. The molecule has 1 aromatic rings. The highest BCUT2D eigenvalue weighted by Crippen LogP contribution is 2.17. The zero-order valence-electron chi connectivity index (χ0n) is 10.7. The predicted molar refractivity (Wildman–Crippen MR) is 79.1 cm³/mol. The summed E-state index contributed by atoms with van der Waals surface area (Å²) in [6, 6.07) is 4.87. The predicted octanol–water partition coefficient (Wildman–Crippen LogP) is 2.69. The van der Waals surface area contributed by atoms with E-state index < -0.39 is 0 Å². The number of carbonyl (C=O) groups excluding carboxylic acids is 1. The zero-order chi connectivity index (χ0) is 13.9. The third-order valence-electron chi connectivity index (χ3n) is 2.69. The highest BCUT2D eigenvalue weighted by Gasteiger charge is 2.19. The van der Waals surface area contributed by atoms with Gasteiger partial charge >= 0.3 is 0 Å². The van der Waals surface area contributed by atoms with Crippen molar-refractivity contribution in [3.63, 3.8) is 0 Å². The molecule has 5 heteroatoms. The molecule has 98 valence electrons. The summed E-state index contributed by atoms with van der Waals surface area (Å²) in [5, 5.41) is 3.38. The van der Waals surface area contributed by atoms with Gasteiger partial charge in [0, 0.05) is 10.6 Å². The van der Waals surface area contributed by atoms with Crippen molar-refractivity contribution < 1.29 is 4.79 Å². The Morgan fingerprint density at radius 3 is 2.50 bits per heavy atom. The van der Waals surface area contributed by atoms with Crippen LogP contribution in [0, 0.1) is 12.8 Å². The topological polar surface area (TPSA) is 55.1 Å². The van der Waals surface area contributed by atoms with Gasteiger partial charge < -0.3 is 11.1 Å². The van der Waals surface area contributed by atoms with Crippen LogP contribution in [-0.4, -0.2) is 16.9 Å². The molecule has 0 aliphatic rings. The first kappa shape index (κ1) is 14.9. The molecule has 1 atom stereocenters. The van der Waals surface area contributed by atoms with Crippen molar-refractivity contribution in [3.8, 4) is 0 Å². The molecular weight excluding hydrogens is 268 g/mol. The molecule has 0 saturated carbocycles. The summed E-state index contributed by atoms with van der Waals surface area (Å²) >= 11 is 10.9. The number of benzene rings is 1. The van der Waals surface area contributed by atoms with Crippen molar-refractivity contribution in [2.75, 3.05) is 0 Å². The van der Waals surface area contributed by atoms with Crippen LogP contribution in [0.5, 0.6) is 0 Å². The number of hydrogen-bond acceptors (Lipinski definition) is 2. The third-order valence-corrected chi connectivity index (χ3v) is 3.35. The Morgan fingerprint density at radius 1 is 1.44 bits per heavy atom. The average Bonchev–Trinajstić information content (AvgIpc) is 2.28. The summed E-state index contributed by atoms with van der Waals surface area (Å²) in [4.78, 5) is 12.3. The summed E-state index contributed by atoms with van der Waals surface area (Å²) < 4.78 is 0.